The molecule has 0 fully saturated rings. The van der Waals surface area contributed by atoms with E-state index in [1.54, 1.807) is 30.3 Å². The van der Waals surface area contributed by atoms with Crippen molar-refractivity contribution in [3.8, 4) is 0 Å². The first-order chi connectivity index (χ1) is 13.5. The quantitative estimate of drug-likeness (QED) is 0.680. The van der Waals surface area contributed by atoms with Crippen molar-refractivity contribution in [2.75, 3.05) is 5.32 Å². The third-order valence-corrected chi connectivity index (χ3v) is 4.13. The minimum Gasteiger partial charge on any atom is -0.340 e. The number of anilines is 1. The van der Waals surface area contributed by atoms with Crippen LogP contribution in [0.15, 0.2) is 78.9 Å². The molecule has 3 aromatic carbocycles. The van der Waals surface area contributed by atoms with Crippen LogP contribution >= 0.6 is 0 Å². The summed E-state index contributed by atoms with van der Waals surface area (Å²) in [4.78, 5) is 25.2. The Hall–Kier alpha value is -3.54. The Bertz CT molecular complexity index is 963. The molecular weight excluding hydrogens is 362 g/mol. The third-order valence-electron chi connectivity index (χ3n) is 4.13. The van der Waals surface area contributed by atoms with E-state index in [4.69, 9.17) is 0 Å². The summed E-state index contributed by atoms with van der Waals surface area (Å²) in [5.74, 6) is -2.65. The molecule has 0 bridgehead atoms. The van der Waals surface area contributed by atoms with Gasteiger partial charge < -0.3 is 10.6 Å². The summed E-state index contributed by atoms with van der Waals surface area (Å²) in [5, 5.41) is 5.10. The zero-order valence-electron chi connectivity index (χ0n) is 14.9. The van der Waals surface area contributed by atoms with Gasteiger partial charge in [0.15, 0.2) is 0 Å². The molecule has 0 aliphatic rings. The van der Waals surface area contributed by atoms with Gasteiger partial charge in [-0.05, 0) is 29.8 Å². The third kappa shape index (κ3) is 5.01. The van der Waals surface area contributed by atoms with E-state index in [9.17, 15) is 18.4 Å². The molecule has 0 spiro atoms. The van der Waals surface area contributed by atoms with Crippen LogP contribution in [0.2, 0.25) is 0 Å². The second-order valence-corrected chi connectivity index (χ2v) is 6.20. The topological polar surface area (TPSA) is 58.2 Å². The minimum absolute atomic E-state index is 0.154. The maximum Gasteiger partial charge on any atom is 0.251 e. The van der Waals surface area contributed by atoms with Crippen molar-refractivity contribution in [2.45, 2.75) is 12.5 Å². The monoisotopic (exact) mass is 380 g/mol. The lowest BCUT2D eigenvalue weighted by atomic mass is 10.0. The number of halogens is 2. The Labute approximate surface area is 161 Å². The summed E-state index contributed by atoms with van der Waals surface area (Å²) in [6.45, 7) is 0. The zero-order valence-corrected chi connectivity index (χ0v) is 14.9. The fourth-order valence-corrected chi connectivity index (χ4v) is 2.70. The summed E-state index contributed by atoms with van der Waals surface area (Å²) in [6.07, 6.45) is 0.216. The number of rotatable bonds is 6. The highest BCUT2D eigenvalue weighted by Gasteiger charge is 2.23. The van der Waals surface area contributed by atoms with Crippen LogP contribution < -0.4 is 10.6 Å². The van der Waals surface area contributed by atoms with Gasteiger partial charge >= 0.3 is 0 Å². The normalized spacial score (nSPS) is 11.5. The maximum atomic E-state index is 13.9. The fourth-order valence-electron chi connectivity index (χ4n) is 2.70. The highest BCUT2D eigenvalue weighted by atomic mass is 19.1. The average Bonchev–Trinajstić information content (AvgIpc) is 2.71. The van der Waals surface area contributed by atoms with Crippen molar-refractivity contribution in [3.05, 3.63) is 102 Å². The molecule has 3 rings (SSSR count). The van der Waals surface area contributed by atoms with Gasteiger partial charge in [-0.1, -0.05) is 48.5 Å². The van der Waals surface area contributed by atoms with E-state index in [0.29, 0.717) is 11.6 Å². The number of nitrogens with one attached hydrogen (secondary N) is 2. The van der Waals surface area contributed by atoms with Crippen LogP contribution in [0.1, 0.15) is 15.9 Å². The summed E-state index contributed by atoms with van der Waals surface area (Å²) in [6, 6.07) is 19.5. The molecule has 0 aliphatic carbocycles. The van der Waals surface area contributed by atoms with Crippen LogP contribution in [0.3, 0.4) is 0 Å². The van der Waals surface area contributed by atoms with Crippen LogP contribution in [0.5, 0.6) is 0 Å². The standard InChI is InChI=1S/C22H18F2N2O2/c23-17-11-12-19(18(24)14-17)25-22(28)20(13-15-7-3-1-4-8-15)26-21(27)16-9-5-2-6-10-16/h1-12,14,20H,13H2,(H,25,28)(H,26,27). The Morgan fingerprint density at radius 3 is 2.14 bits per heavy atom. The first-order valence-electron chi connectivity index (χ1n) is 8.68. The number of hydrogen-bond donors (Lipinski definition) is 2. The molecule has 6 heteroatoms. The second kappa shape index (κ2) is 8.90. The molecule has 2 amide bonds. The van der Waals surface area contributed by atoms with Gasteiger partial charge in [-0.2, -0.15) is 0 Å². The number of hydrogen-bond acceptors (Lipinski definition) is 2. The molecule has 1 unspecified atom stereocenters. The largest absolute Gasteiger partial charge is 0.340 e. The Kier molecular flexibility index (Phi) is 6.11. The van der Waals surface area contributed by atoms with Crippen molar-refractivity contribution in [1.29, 1.82) is 0 Å². The van der Waals surface area contributed by atoms with Crippen LogP contribution in [-0.4, -0.2) is 17.9 Å². The van der Waals surface area contributed by atoms with Gasteiger partial charge in [0.2, 0.25) is 5.91 Å². The van der Waals surface area contributed by atoms with E-state index < -0.39 is 29.5 Å². The molecule has 0 heterocycles. The molecule has 0 saturated carbocycles. The fraction of sp³-hybridized carbons (Fsp3) is 0.0909. The first kappa shape index (κ1) is 19.2. The SMILES string of the molecule is O=C(NC(Cc1ccccc1)C(=O)Nc1ccc(F)cc1F)c1ccccc1. The first-order valence-corrected chi connectivity index (χ1v) is 8.68. The summed E-state index contributed by atoms with van der Waals surface area (Å²) >= 11 is 0. The molecule has 142 valence electrons. The van der Waals surface area contributed by atoms with Gasteiger partial charge in [0.1, 0.15) is 17.7 Å². The Balaban J connectivity index is 1.80. The highest BCUT2D eigenvalue weighted by molar-refractivity contribution is 6.01. The summed E-state index contributed by atoms with van der Waals surface area (Å²) in [7, 11) is 0. The Morgan fingerprint density at radius 2 is 1.50 bits per heavy atom. The molecule has 0 aliphatic heterocycles. The second-order valence-electron chi connectivity index (χ2n) is 6.20. The number of amides is 2. The molecule has 0 saturated heterocycles. The molecule has 4 nitrogen and oxygen atoms in total. The smallest absolute Gasteiger partial charge is 0.251 e. The minimum atomic E-state index is -0.945. The van der Waals surface area contributed by atoms with Crippen molar-refractivity contribution in [2.24, 2.45) is 0 Å². The van der Waals surface area contributed by atoms with Crippen molar-refractivity contribution < 1.29 is 18.4 Å². The molecule has 0 aromatic heterocycles. The predicted molar refractivity (Wildman–Crippen MR) is 103 cm³/mol. The molecule has 28 heavy (non-hydrogen) atoms. The van der Waals surface area contributed by atoms with Gasteiger partial charge in [0.05, 0.1) is 5.69 Å². The van der Waals surface area contributed by atoms with Crippen LogP contribution in [0.25, 0.3) is 0 Å². The average molecular weight is 380 g/mol. The van der Waals surface area contributed by atoms with Crippen LogP contribution in [-0.2, 0) is 11.2 Å². The van der Waals surface area contributed by atoms with Gasteiger partial charge in [-0.3, -0.25) is 9.59 Å². The van der Waals surface area contributed by atoms with Crippen molar-refractivity contribution in [1.82, 2.24) is 5.32 Å². The van der Waals surface area contributed by atoms with Crippen LogP contribution in [0.4, 0.5) is 14.5 Å². The summed E-state index contributed by atoms with van der Waals surface area (Å²) < 4.78 is 27.0. The molecule has 1 atom stereocenters. The lowest BCUT2D eigenvalue weighted by molar-refractivity contribution is -0.118. The van der Waals surface area contributed by atoms with Gasteiger partial charge in [0, 0.05) is 18.1 Å². The lowest BCUT2D eigenvalue weighted by Crippen LogP contribution is -2.45. The number of carbonyl (C=O) groups is 2. The van der Waals surface area contributed by atoms with E-state index >= 15 is 0 Å². The van der Waals surface area contributed by atoms with Gasteiger partial charge in [-0.25, -0.2) is 8.78 Å². The zero-order chi connectivity index (χ0) is 19.9. The molecule has 3 aromatic rings. The molecule has 2 N–H and O–H groups in total. The molecule has 0 radical (unpaired) electrons. The van der Waals surface area contributed by atoms with Crippen molar-refractivity contribution >= 4 is 17.5 Å². The number of benzene rings is 3. The lowest BCUT2D eigenvalue weighted by Gasteiger charge is -2.19. The van der Waals surface area contributed by atoms with E-state index in [1.165, 1.54) is 0 Å². The Morgan fingerprint density at radius 1 is 0.857 bits per heavy atom. The maximum absolute atomic E-state index is 13.9. The molecular formula is C22H18F2N2O2. The number of carbonyl (C=O) groups excluding carboxylic acids is 2. The highest BCUT2D eigenvalue weighted by Crippen LogP contribution is 2.16. The van der Waals surface area contributed by atoms with E-state index in [-0.39, 0.29) is 12.1 Å². The van der Waals surface area contributed by atoms with Gasteiger partial charge in [-0.15, -0.1) is 0 Å². The van der Waals surface area contributed by atoms with E-state index in [0.717, 1.165) is 17.7 Å². The van der Waals surface area contributed by atoms with Crippen molar-refractivity contribution in [3.63, 3.8) is 0 Å². The van der Waals surface area contributed by atoms with E-state index in [2.05, 4.69) is 10.6 Å². The van der Waals surface area contributed by atoms with Crippen LogP contribution in [0, 0.1) is 11.6 Å². The van der Waals surface area contributed by atoms with E-state index in [1.807, 2.05) is 30.3 Å². The van der Waals surface area contributed by atoms with Gasteiger partial charge in [0.25, 0.3) is 5.91 Å². The predicted octanol–water partition coefficient (Wildman–Crippen LogP) is 3.94. The summed E-state index contributed by atoms with van der Waals surface area (Å²) in [5.41, 5.74) is 1.08.